The molecule has 0 bridgehead atoms. The Morgan fingerprint density at radius 1 is 1.08 bits per heavy atom. The summed E-state index contributed by atoms with van der Waals surface area (Å²) in [7, 11) is 1.66. The van der Waals surface area contributed by atoms with Crippen molar-refractivity contribution in [3.8, 4) is 11.4 Å². The molecule has 1 fully saturated rings. The van der Waals surface area contributed by atoms with Crippen LogP contribution in [-0.4, -0.2) is 60.1 Å². The number of carbonyl (C=O) groups excluding carboxylic acids is 1. The maximum absolute atomic E-state index is 13.0. The lowest BCUT2D eigenvalue weighted by atomic mass is 10.2. The van der Waals surface area contributed by atoms with E-state index >= 15 is 0 Å². The first-order valence-electron chi connectivity index (χ1n) is 8.90. The summed E-state index contributed by atoms with van der Waals surface area (Å²) in [4.78, 5) is 17.3. The number of carbonyl (C=O) groups is 1. The van der Waals surface area contributed by atoms with E-state index in [9.17, 15) is 4.79 Å². The highest BCUT2D eigenvalue weighted by molar-refractivity contribution is 5.96. The molecule has 0 unspecified atom stereocenters. The zero-order chi connectivity index (χ0) is 18.0. The van der Waals surface area contributed by atoms with Crippen LogP contribution in [0.15, 0.2) is 30.3 Å². The van der Waals surface area contributed by atoms with E-state index in [0.717, 1.165) is 61.1 Å². The lowest BCUT2D eigenvalue weighted by Gasteiger charge is -2.34. The molecule has 25 heavy (non-hydrogen) atoms. The Balaban J connectivity index is 1.85. The number of amides is 1. The lowest BCUT2D eigenvalue weighted by Crippen LogP contribution is -2.48. The summed E-state index contributed by atoms with van der Waals surface area (Å²) in [5.74, 6) is 0.972. The predicted molar refractivity (Wildman–Crippen MR) is 99.8 cm³/mol. The third-order valence-electron chi connectivity index (χ3n) is 5.10. The quantitative estimate of drug-likeness (QED) is 0.858. The van der Waals surface area contributed by atoms with Crippen LogP contribution in [0.3, 0.4) is 0 Å². The SMILES string of the molecule is CCN1CCN(C(=O)c2cc(C)n(-c3ccc(OC)cc3)c2C)CC1. The monoisotopic (exact) mass is 341 g/mol. The van der Waals surface area contributed by atoms with E-state index in [1.165, 1.54) is 0 Å². The highest BCUT2D eigenvalue weighted by atomic mass is 16.5. The topological polar surface area (TPSA) is 37.7 Å². The fourth-order valence-corrected chi connectivity index (χ4v) is 3.55. The van der Waals surface area contributed by atoms with Crippen LogP contribution >= 0.6 is 0 Å². The van der Waals surface area contributed by atoms with E-state index in [0.29, 0.717) is 0 Å². The summed E-state index contributed by atoms with van der Waals surface area (Å²) in [6.07, 6.45) is 0. The number of ether oxygens (including phenoxy) is 1. The molecule has 5 nitrogen and oxygen atoms in total. The molecule has 0 saturated carbocycles. The summed E-state index contributed by atoms with van der Waals surface area (Å²) < 4.78 is 7.37. The molecule has 0 N–H and O–H groups in total. The van der Waals surface area contributed by atoms with E-state index in [2.05, 4.69) is 16.4 Å². The number of benzene rings is 1. The van der Waals surface area contributed by atoms with Gasteiger partial charge in [0.05, 0.1) is 12.7 Å². The molecule has 0 radical (unpaired) electrons. The number of piperazine rings is 1. The minimum atomic E-state index is 0.142. The van der Waals surface area contributed by atoms with Crippen molar-refractivity contribution in [3.63, 3.8) is 0 Å². The van der Waals surface area contributed by atoms with E-state index in [1.807, 2.05) is 49.1 Å². The normalized spacial score (nSPS) is 15.4. The molecule has 1 aliphatic rings. The Labute approximate surface area is 149 Å². The summed E-state index contributed by atoms with van der Waals surface area (Å²) in [6, 6.07) is 9.94. The van der Waals surface area contributed by atoms with Gasteiger partial charge in [-0.3, -0.25) is 4.79 Å². The second-order valence-corrected chi connectivity index (χ2v) is 6.54. The molecule has 1 aliphatic heterocycles. The molecule has 0 aliphatic carbocycles. The average molecular weight is 341 g/mol. The fourth-order valence-electron chi connectivity index (χ4n) is 3.55. The largest absolute Gasteiger partial charge is 0.497 e. The number of aromatic nitrogens is 1. The second kappa shape index (κ2) is 7.31. The average Bonchev–Trinajstić information content (AvgIpc) is 2.95. The molecule has 1 aromatic heterocycles. The summed E-state index contributed by atoms with van der Waals surface area (Å²) in [5, 5.41) is 0. The highest BCUT2D eigenvalue weighted by Gasteiger charge is 2.24. The molecule has 5 heteroatoms. The Kier molecular flexibility index (Phi) is 5.13. The number of rotatable bonds is 4. The smallest absolute Gasteiger partial charge is 0.255 e. The van der Waals surface area contributed by atoms with Gasteiger partial charge < -0.3 is 19.1 Å². The molecule has 2 heterocycles. The number of hydrogen-bond donors (Lipinski definition) is 0. The summed E-state index contributed by atoms with van der Waals surface area (Å²) >= 11 is 0. The van der Waals surface area contributed by atoms with E-state index < -0.39 is 0 Å². The van der Waals surface area contributed by atoms with Crippen molar-refractivity contribution in [1.82, 2.24) is 14.4 Å². The third-order valence-corrected chi connectivity index (χ3v) is 5.10. The van der Waals surface area contributed by atoms with Crippen LogP contribution in [0, 0.1) is 13.8 Å². The van der Waals surface area contributed by atoms with E-state index in [1.54, 1.807) is 7.11 Å². The van der Waals surface area contributed by atoms with Gasteiger partial charge in [-0.2, -0.15) is 0 Å². The van der Waals surface area contributed by atoms with Crippen LogP contribution in [0.1, 0.15) is 28.7 Å². The van der Waals surface area contributed by atoms with Gasteiger partial charge in [0.15, 0.2) is 0 Å². The van der Waals surface area contributed by atoms with Gasteiger partial charge in [0.25, 0.3) is 5.91 Å². The number of nitrogens with zero attached hydrogens (tertiary/aromatic N) is 3. The first-order valence-corrected chi connectivity index (χ1v) is 8.90. The van der Waals surface area contributed by atoms with Crippen LogP contribution in [-0.2, 0) is 0 Å². The number of methoxy groups -OCH3 is 1. The van der Waals surface area contributed by atoms with Gasteiger partial charge in [0.2, 0.25) is 0 Å². The zero-order valence-corrected chi connectivity index (χ0v) is 15.6. The fraction of sp³-hybridized carbons (Fsp3) is 0.450. The first kappa shape index (κ1) is 17.5. The van der Waals surface area contributed by atoms with E-state index in [4.69, 9.17) is 4.74 Å². The molecule has 0 spiro atoms. The molecule has 134 valence electrons. The first-order chi connectivity index (χ1) is 12.0. The Hall–Kier alpha value is -2.27. The van der Waals surface area contributed by atoms with Crippen LogP contribution in [0.4, 0.5) is 0 Å². The second-order valence-electron chi connectivity index (χ2n) is 6.54. The summed E-state index contributed by atoms with van der Waals surface area (Å²) in [5.41, 5.74) is 3.91. The molecular formula is C20H27N3O2. The maximum Gasteiger partial charge on any atom is 0.255 e. The highest BCUT2D eigenvalue weighted by Crippen LogP contribution is 2.24. The van der Waals surface area contributed by atoms with Gasteiger partial charge in [-0.15, -0.1) is 0 Å². The maximum atomic E-state index is 13.0. The van der Waals surface area contributed by atoms with Crippen LogP contribution < -0.4 is 4.74 Å². The van der Waals surface area contributed by atoms with Crippen molar-refractivity contribution >= 4 is 5.91 Å². The Bertz CT molecular complexity index is 741. The Morgan fingerprint density at radius 2 is 1.72 bits per heavy atom. The van der Waals surface area contributed by atoms with Crippen molar-refractivity contribution in [2.24, 2.45) is 0 Å². The van der Waals surface area contributed by atoms with Crippen LogP contribution in [0.2, 0.25) is 0 Å². The van der Waals surface area contributed by atoms with Crippen molar-refractivity contribution in [2.45, 2.75) is 20.8 Å². The zero-order valence-electron chi connectivity index (χ0n) is 15.6. The lowest BCUT2D eigenvalue weighted by molar-refractivity contribution is 0.0642. The summed E-state index contributed by atoms with van der Waals surface area (Å²) in [6.45, 7) is 10.8. The number of aryl methyl sites for hydroxylation is 1. The van der Waals surface area contributed by atoms with Crippen LogP contribution in [0.25, 0.3) is 5.69 Å². The number of hydrogen-bond acceptors (Lipinski definition) is 3. The van der Waals surface area contributed by atoms with Gasteiger partial charge in [-0.1, -0.05) is 6.92 Å². The van der Waals surface area contributed by atoms with Gasteiger partial charge >= 0.3 is 0 Å². The Morgan fingerprint density at radius 3 is 2.28 bits per heavy atom. The third kappa shape index (κ3) is 3.42. The van der Waals surface area contributed by atoms with Crippen molar-refractivity contribution in [3.05, 3.63) is 47.3 Å². The van der Waals surface area contributed by atoms with Crippen molar-refractivity contribution < 1.29 is 9.53 Å². The molecule has 3 rings (SSSR count). The minimum absolute atomic E-state index is 0.142. The van der Waals surface area contributed by atoms with Gasteiger partial charge in [-0.25, -0.2) is 0 Å². The van der Waals surface area contributed by atoms with Crippen molar-refractivity contribution in [1.29, 1.82) is 0 Å². The minimum Gasteiger partial charge on any atom is -0.497 e. The molecule has 1 aromatic carbocycles. The number of likely N-dealkylation sites (N-methyl/N-ethyl adjacent to an activating group) is 1. The van der Waals surface area contributed by atoms with E-state index in [-0.39, 0.29) is 5.91 Å². The predicted octanol–water partition coefficient (Wildman–Crippen LogP) is 2.88. The van der Waals surface area contributed by atoms with Gasteiger partial charge in [0.1, 0.15) is 5.75 Å². The standard InChI is InChI=1S/C20H27N3O2/c1-5-21-10-12-22(13-11-21)20(24)19-14-15(2)23(16(19)3)17-6-8-18(25-4)9-7-17/h6-9,14H,5,10-13H2,1-4H3. The molecular weight excluding hydrogens is 314 g/mol. The molecule has 0 atom stereocenters. The van der Waals surface area contributed by atoms with Crippen LogP contribution in [0.5, 0.6) is 5.75 Å². The molecule has 1 saturated heterocycles. The van der Waals surface area contributed by atoms with Crippen molar-refractivity contribution in [2.75, 3.05) is 39.8 Å². The molecule has 2 aromatic rings. The van der Waals surface area contributed by atoms with Gasteiger partial charge in [-0.05, 0) is 50.7 Å². The molecule has 1 amide bonds. The van der Waals surface area contributed by atoms with Gasteiger partial charge in [0, 0.05) is 43.3 Å².